The maximum atomic E-state index is 6.19. The summed E-state index contributed by atoms with van der Waals surface area (Å²) in [5, 5.41) is 4.14. The number of halogens is 1. The first-order chi connectivity index (χ1) is 8.57. The lowest BCUT2D eigenvalue weighted by Crippen LogP contribution is -2.54. The van der Waals surface area contributed by atoms with Crippen molar-refractivity contribution in [2.75, 3.05) is 26.9 Å². The molecule has 1 fully saturated rings. The second kappa shape index (κ2) is 5.47. The van der Waals surface area contributed by atoms with Crippen LogP contribution >= 0.6 is 11.6 Å². The van der Waals surface area contributed by atoms with Crippen LogP contribution in [0.1, 0.15) is 19.4 Å². The second-order valence-electron chi connectivity index (χ2n) is 5.16. The molecule has 0 unspecified atom stereocenters. The minimum Gasteiger partial charge on any atom is -0.495 e. The Bertz CT molecular complexity index is 416. The van der Waals surface area contributed by atoms with E-state index in [2.05, 4.69) is 25.2 Å². The van der Waals surface area contributed by atoms with E-state index in [9.17, 15) is 0 Å². The first-order valence-corrected chi connectivity index (χ1v) is 6.60. The van der Waals surface area contributed by atoms with Crippen molar-refractivity contribution in [1.82, 2.24) is 5.32 Å². The van der Waals surface area contributed by atoms with Crippen LogP contribution in [0.25, 0.3) is 0 Å². The predicted octanol–water partition coefficient (Wildman–Crippen LogP) is 2.61. The number of ether oxygens (including phenoxy) is 2. The van der Waals surface area contributed by atoms with Crippen molar-refractivity contribution in [3.05, 3.63) is 28.8 Å². The van der Waals surface area contributed by atoms with E-state index >= 15 is 0 Å². The fourth-order valence-corrected chi connectivity index (χ4v) is 2.37. The lowest BCUT2D eigenvalue weighted by Gasteiger charge is -2.42. The first kappa shape index (κ1) is 13.7. The van der Waals surface area contributed by atoms with Crippen LogP contribution in [0.4, 0.5) is 0 Å². The van der Waals surface area contributed by atoms with Crippen molar-refractivity contribution in [1.29, 1.82) is 0 Å². The molecular formula is C14H20ClNO2. The normalized spacial score (nSPS) is 17.6. The molecule has 1 aliphatic heterocycles. The zero-order valence-corrected chi connectivity index (χ0v) is 11.9. The molecule has 0 aromatic heterocycles. The third kappa shape index (κ3) is 2.63. The summed E-state index contributed by atoms with van der Waals surface area (Å²) in [4.78, 5) is 0. The Kier molecular flexibility index (Phi) is 4.15. The van der Waals surface area contributed by atoms with Crippen LogP contribution < -0.4 is 10.1 Å². The van der Waals surface area contributed by atoms with E-state index in [-0.39, 0.29) is 5.41 Å². The Morgan fingerprint density at radius 1 is 1.44 bits per heavy atom. The van der Waals surface area contributed by atoms with E-state index in [1.165, 1.54) is 5.56 Å². The smallest absolute Gasteiger partial charge is 0.137 e. The minimum atomic E-state index is 0.0557. The van der Waals surface area contributed by atoms with Crippen LogP contribution in [0, 0.1) is 0 Å². The van der Waals surface area contributed by atoms with Crippen molar-refractivity contribution in [2.45, 2.75) is 25.3 Å². The summed E-state index contributed by atoms with van der Waals surface area (Å²) in [5.41, 5.74) is 1.27. The number of hydrogen-bond donors (Lipinski definition) is 1. The number of nitrogens with one attached hydrogen (secondary N) is 1. The molecule has 0 saturated carbocycles. The molecule has 1 saturated heterocycles. The molecule has 100 valence electrons. The molecule has 0 radical (unpaired) electrons. The molecule has 0 bridgehead atoms. The van der Waals surface area contributed by atoms with Crippen LogP contribution in [-0.4, -0.2) is 32.9 Å². The Morgan fingerprint density at radius 2 is 2.17 bits per heavy atom. The number of benzene rings is 1. The van der Waals surface area contributed by atoms with Crippen LogP contribution in [-0.2, 0) is 10.2 Å². The SMILES string of the molecule is COc1ccc(C2(CNC(C)C)COC2)cc1Cl. The van der Waals surface area contributed by atoms with Gasteiger partial charge in [0.2, 0.25) is 0 Å². The van der Waals surface area contributed by atoms with Gasteiger partial charge in [-0.1, -0.05) is 31.5 Å². The Balaban J connectivity index is 2.19. The zero-order chi connectivity index (χ0) is 13.2. The summed E-state index contributed by atoms with van der Waals surface area (Å²) in [6.45, 7) is 6.69. The second-order valence-corrected chi connectivity index (χ2v) is 5.57. The standard InChI is InChI=1S/C14H20ClNO2/c1-10(2)16-7-14(8-18-9-14)11-4-5-13(17-3)12(15)6-11/h4-6,10,16H,7-9H2,1-3H3. The summed E-state index contributed by atoms with van der Waals surface area (Å²) in [6.07, 6.45) is 0. The molecule has 1 N–H and O–H groups in total. The van der Waals surface area contributed by atoms with Gasteiger partial charge in [0.05, 0.1) is 30.8 Å². The fourth-order valence-electron chi connectivity index (χ4n) is 2.12. The summed E-state index contributed by atoms with van der Waals surface area (Å²) in [7, 11) is 1.63. The first-order valence-electron chi connectivity index (χ1n) is 6.22. The molecule has 1 heterocycles. The molecule has 0 spiro atoms. The van der Waals surface area contributed by atoms with Gasteiger partial charge in [-0.3, -0.25) is 0 Å². The van der Waals surface area contributed by atoms with Gasteiger partial charge in [0.1, 0.15) is 5.75 Å². The number of methoxy groups -OCH3 is 1. The average Bonchev–Trinajstić information content (AvgIpc) is 2.27. The Labute approximate surface area is 113 Å². The summed E-state index contributed by atoms with van der Waals surface area (Å²) in [5.74, 6) is 0.715. The molecule has 1 aromatic carbocycles. The third-order valence-electron chi connectivity index (χ3n) is 3.37. The quantitative estimate of drug-likeness (QED) is 0.891. The van der Waals surface area contributed by atoms with Gasteiger partial charge < -0.3 is 14.8 Å². The topological polar surface area (TPSA) is 30.5 Å². The third-order valence-corrected chi connectivity index (χ3v) is 3.66. The van der Waals surface area contributed by atoms with Gasteiger partial charge in [0.25, 0.3) is 0 Å². The molecule has 0 aliphatic carbocycles. The highest BCUT2D eigenvalue weighted by Gasteiger charge is 2.40. The number of rotatable bonds is 5. The lowest BCUT2D eigenvalue weighted by molar-refractivity contribution is -0.0597. The van der Waals surface area contributed by atoms with Crippen molar-refractivity contribution < 1.29 is 9.47 Å². The summed E-state index contributed by atoms with van der Waals surface area (Å²) >= 11 is 6.19. The Morgan fingerprint density at radius 3 is 2.61 bits per heavy atom. The molecular weight excluding hydrogens is 250 g/mol. The van der Waals surface area contributed by atoms with Gasteiger partial charge >= 0.3 is 0 Å². The molecule has 1 aromatic rings. The van der Waals surface area contributed by atoms with Crippen LogP contribution in [0.15, 0.2) is 18.2 Å². The predicted molar refractivity (Wildman–Crippen MR) is 73.6 cm³/mol. The fraction of sp³-hybridized carbons (Fsp3) is 0.571. The average molecular weight is 270 g/mol. The molecule has 3 nitrogen and oxygen atoms in total. The molecule has 0 atom stereocenters. The number of hydrogen-bond acceptors (Lipinski definition) is 3. The van der Waals surface area contributed by atoms with Crippen molar-refractivity contribution >= 4 is 11.6 Å². The van der Waals surface area contributed by atoms with Crippen molar-refractivity contribution in [3.63, 3.8) is 0 Å². The van der Waals surface area contributed by atoms with Gasteiger partial charge in [-0.25, -0.2) is 0 Å². The summed E-state index contributed by atoms with van der Waals surface area (Å²) in [6, 6.07) is 6.46. The molecule has 2 rings (SSSR count). The van der Waals surface area contributed by atoms with Gasteiger partial charge in [-0.05, 0) is 17.7 Å². The van der Waals surface area contributed by atoms with E-state index < -0.39 is 0 Å². The molecule has 18 heavy (non-hydrogen) atoms. The van der Waals surface area contributed by atoms with Crippen molar-refractivity contribution in [3.8, 4) is 5.75 Å². The highest BCUT2D eigenvalue weighted by atomic mass is 35.5. The lowest BCUT2D eigenvalue weighted by atomic mass is 9.78. The maximum absolute atomic E-state index is 6.19. The minimum absolute atomic E-state index is 0.0557. The highest BCUT2D eigenvalue weighted by molar-refractivity contribution is 6.32. The molecule has 0 amide bonds. The zero-order valence-electron chi connectivity index (χ0n) is 11.1. The van der Waals surface area contributed by atoms with Crippen LogP contribution in [0.5, 0.6) is 5.75 Å². The van der Waals surface area contributed by atoms with E-state index in [1.54, 1.807) is 7.11 Å². The van der Waals surface area contributed by atoms with Gasteiger partial charge in [-0.15, -0.1) is 0 Å². The van der Waals surface area contributed by atoms with Crippen LogP contribution in [0.3, 0.4) is 0 Å². The summed E-state index contributed by atoms with van der Waals surface area (Å²) < 4.78 is 10.6. The molecule has 4 heteroatoms. The van der Waals surface area contributed by atoms with Crippen LogP contribution in [0.2, 0.25) is 5.02 Å². The molecule has 1 aliphatic rings. The van der Waals surface area contributed by atoms with Gasteiger partial charge in [0.15, 0.2) is 0 Å². The van der Waals surface area contributed by atoms with Gasteiger partial charge in [0, 0.05) is 12.6 Å². The van der Waals surface area contributed by atoms with E-state index in [4.69, 9.17) is 21.1 Å². The monoisotopic (exact) mass is 269 g/mol. The van der Waals surface area contributed by atoms with E-state index in [0.717, 1.165) is 19.8 Å². The van der Waals surface area contributed by atoms with Gasteiger partial charge in [-0.2, -0.15) is 0 Å². The largest absolute Gasteiger partial charge is 0.495 e. The van der Waals surface area contributed by atoms with Crippen molar-refractivity contribution in [2.24, 2.45) is 0 Å². The maximum Gasteiger partial charge on any atom is 0.137 e. The Hall–Kier alpha value is -0.770. The highest BCUT2D eigenvalue weighted by Crippen LogP contribution is 2.36. The van der Waals surface area contributed by atoms with E-state index in [0.29, 0.717) is 16.8 Å². The van der Waals surface area contributed by atoms with E-state index in [1.807, 2.05) is 12.1 Å².